The molecule has 2 aromatic rings. The molecule has 1 aromatic carbocycles. The number of carbonyl (C=O) groups excluding carboxylic acids is 2. The Balaban J connectivity index is 2.64. The number of ether oxygens (including phenoxy) is 2. The Kier molecular flexibility index (Phi) is 5.30. The molecule has 2 rings (SSSR count). The number of benzene rings is 1. The minimum atomic E-state index is -0.821. The molecule has 0 aliphatic carbocycles. The molecular formula is C17H18N2O4. The molecule has 0 radical (unpaired) electrons. The highest BCUT2D eigenvalue weighted by Gasteiger charge is 2.26. The van der Waals surface area contributed by atoms with Gasteiger partial charge in [0.1, 0.15) is 0 Å². The van der Waals surface area contributed by atoms with Crippen molar-refractivity contribution in [3.05, 3.63) is 47.8 Å². The van der Waals surface area contributed by atoms with Crippen LogP contribution in [0.4, 0.5) is 0 Å². The number of esters is 2. The molecular weight excluding hydrogens is 296 g/mol. The van der Waals surface area contributed by atoms with Crippen LogP contribution in [0.15, 0.2) is 42.1 Å². The van der Waals surface area contributed by atoms with Crippen molar-refractivity contribution in [3.63, 3.8) is 0 Å². The highest BCUT2D eigenvalue weighted by atomic mass is 16.6. The predicted molar refractivity (Wildman–Crippen MR) is 86.1 cm³/mol. The van der Waals surface area contributed by atoms with Crippen LogP contribution in [0, 0.1) is 0 Å². The van der Waals surface area contributed by atoms with Crippen molar-refractivity contribution in [1.82, 2.24) is 4.98 Å². The number of pyridine rings is 1. The molecule has 0 amide bonds. The molecule has 120 valence electrons. The maximum atomic E-state index is 12.1. The third-order valence-corrected chi connectivity index (χ3v) is 3.16. The van der Waals surface area contributed by atoms with Gasteiger partial charge in [-0.3, -0.25) is 4.98 Å². The van der Waals surface area contributed by atoms with Gasteiger partial charge in [0.25, 0.3) is 0 Å². The smallest absolute Gasteiger partial charge is 0.347 e. The van der Waals surface area contributed by atoms with E-state index in [-0.39, 0.29) is 24.5 Å². The number of aromatic nitrogens is 1. The van der Waals surface area contributed by atoms with Crippen LogP contribution in [0.25, 0.3) is 16.5 Å². The lowest BCUT2D eigenvalue weighted by Crippen LogP contribution is -2.23. The Hall–Kier alpha value is -2.89. The summed E-state index contributed by atoms with van der Waals surface area (Å²) in [7, 11) is 0. The summed E-state index contributed by atoms with van der Waals surface area (Å²) in [6.07, 6.45) is 1.57. The molecule has 23 heavy (non-hydrogen) atoms. The van der Waals surface area contributed by atoms with Gasteiger partial charge in [0.05, 0.1) is 24.6 Å². The quantitative estimate of drug-likeness (QED) is 0.393. The van der Waals surface area contributed by atoms with Gasteiger partial charge >= 0.3 is 11.9 Å². The summed E-state index contributed by atoms with van der Waals surface area (Å²) in [6, 6.07) is 9.24. The van der Waals surface area contributed by atoms with Crippen LogP contribution in [0.3, 0.4) is 0 Å². The fourth-order valence-electron chi connectivity index (χ4n) is 2.16. The second-order valence-electron chi connectivity index (χ2n) is 4.61. The molecule has 0 fully saturated rings. The lowest BCUT2D eigenvalue weighted by Gasteiger charge is -2.11. The van der Waals surface area contributed by atoms with Crippen molar-refractivity contribution in [3.8, 4) is 0 Å². The predicted octanol–water partition coefficient (Wildman–Crippen LogP) is 2.03. The number of nitrogens with zero attached hydrogens (tertiary/aromatic N) is 1. The minimum Gasteiger partial charge on any atom is -0.462 e. The fraction of sp³-hybridized carbons (Fsp3) is 0.235. The summed E-state index contributed by atoms with van der Waals surface area (Å²) in [5.74, 6) is -1.64. The molecule has 0 saturated carbocycles. The van der Waals surface area contributed by atoms with E-state index in [2.05, 4.69) is 4.98 Å². The molecule has 0 unspecified atom stereocenters. The van der Waals surface area contributed by atoms with Gasteiger partial charge in [-0.25, -0.2) is 9.59 Å². The average Bonchev–Trinajstić information content (AvgIpc) is 2.55. The van der Waals surface area contributed by atoms with Crippen LogP contribution in [0.5, 0.6) is 0 Å². The first-order valence-corrected chi connectivity index (χ1v) is 7.28. The summed E-state index contributed by atoms with van der Waals surface area (Å²) >= 11 is 0. The summed E-state index contributed by atoms with van der Waals surface area (Å²) in [5, 5.41) is 1.63. The maximum Gasteiger partial charge on any atom is 0.347 e. The minimum absolute atomic E-state index is 0.0568. The molecule has 2 N–H and O–H groups in total. The Bertz CT molecular complexity index is 743. The van der Waals surface area contributed by atoms with Gasteiger partial charge in [0.15, 0.2) is 5.57 Å². The van der Waals surface area contributed by atoms with Crippen molar-refractivity contribution in [2.75, 3.05) is 13.2 Å². The monoisotopic (exact) mass is 314 g/mol. The van der Waals surface area contributed by atoms with Gasteiger partial charge in [-0.15, -0.1) is 0 Å². The largest absolute Gasteiger partial charge is 0.462 e. The second kappa shape index (κ2) is 7.40. The normalized spacial score (nSPS) is 10.2. The first-order chi connectivity index (χ1) is 11.1. The van der Waals surface area contributed by atoms with Crippen LogP contribution in [-0.2, 0) is 19.1 Å². The Morgan fingerprint density at radius 1 is 1.04 bits per heavy atom. The lowest BCUT2D eigenvalue weighted by molar-refractivity contribution is -0.146. The van der Waals surface area contributed by atoms with Crippen LogP contribution in [-0.4, -0.2) is 30.1 Å². The molecule has 0 bridgehead atoms. The molecule has 0 atom stereocenters. The van der Waals surface area contributed by atoms with Gasteiger partial charge in [0.2, 0.25) is 0 Å². The Morgan fingerprint density at radius 3 is 2.26 bits per heavy atom. The van der Waals surface area contributed by atoms with Crippen molar-refractivity contribution in [2.24, 2.45) is 5.73 Å². The molecule has 1 heterocycles. The third kappa shape index (κ3) is 3.48. The first-order valence-electron chi connectivity index (χ1n) is 7.28. The van der Waals surface area contributed by atoms with E-state index in [1.165, 1.54) is 0 Å². The lowest BCUT2D eigenvalue weighted by atomic mass is 10.0. The standard InChI is InChI=1S/C17H18N2O4/c1-3-22-16(20)13(17(21)23-4-2)14(18)15-12-8-6-5-7-11(12)9-10-19-15/h5-10H,3-4,18H2,1-2H3. The van der Waals surface area contributed by atoms with E-state index in [1.54, 1.807) is 20.0 Å². The van der Waals surface area contributed by atoms with Crippen LogP contribution >= 0.6 is 0 Å². The number of hydrogen-bond acceptors (Lipinski definition) is 6. The number of nitrogens with two attached hydrogens (primary N) is 1. The van der Waals surface area contributed by atoms with E-state index in [1.807, 2.05) is 30.3 Å². The zero-order chi connectivity index (χ0) is 16.8. The number of rotatable bonds is 5. The molecule has 0 spiro atoms. The fourth-order valence-corrected chi connectivity index (χ4v) is 2.16. The second-order valence-corrected chi connectivity index (χ2v) is 4.61. The van der Waals surface area contributed by atoms with Gasteiger partial charge in [-0.2, -0.15) is 0 Å². The molecule has 0 aliphatic heterocycles. The number of fused-ring (bicyclic) bond motifs is 1. The van der Waals surface area contributed by atoms with Gasteiger partial charge < -0.3 is 15.2 Å². The van der Waals surface area contributed by atoms with E-state index < -0.39 is 11.9 Å². The van der Waals surface area contributed by atoms with Gasteiger partial charge in [-0.05, 0) is 25.3 Å². The molecule has 0 saturated heterocycles. The molecule has 6 heteroatoms. The molecule has 6 nitrogen and oxygen atoms in total. The van der Waals surface area contributed by atoms with Gasteiger partial charge in [0, 0.05) is 11.6 Å². The Labute approximate surface area is 133 Å². The Morgan fingerprint density at radius 2 is 1.65 bits per heavy atom. The van der Waals surface area contributed by atoms with Crippen molar-refractivity contribution in [1.29, 1.82) is 0 Å². The van der Waals surface area contributed by atoms with E-state index in [4.69, 9.17) is 15.2 Å². The van der Waals surface area contributed by atoms with Crippen LogP contribution < -0.4 is 5.73 Å². The highest BCUT2D eigenvalue weighted by molar-refractivity contribution is 6.20. The van der Waals surface area contributed by atoms with Crippen LogP contribution in [0.1, 0.15) is 19.5 Å². The summed E-state index contributed by atoms with van der Waals surface area (Å²) in [5.41, 5.74) is 6.04. The van der Waals surface area contributed by atoms with Crippen LogP contribution in [0.2, 0.25) is 0 Å². The van der Waals surface area contributed by atoms with E-state index >= 15 is 0 Å². The number of carbonyl (C=O) groups is 2. The molecule has 1 aromatic heterocycles. The van der Waals surface area contributed by atoms with Crippen molar-refractivity contribution < 1.29 is 19.1 Å². The number of hydrogen-bond donors (Lipinski definition) is 1. The maximum absolute atomic E-state index is 12.1. The first kappa shape index (κ1) is 16.5. The van der Waals surface area contributed by atoms with Crippen molar-refractivity contribution in [2.45, 2.75) is 13.8 Å². The summed E-state index contributed by atoms with van der Waals surface area (Å²) in [4.78, 5) is 28.5. The average molecular weight is 314 g/mol. The van der Waals surface area contributed by atoms with E-state index in [0.29, 0.717) is 5.69 Å². The van der Waals surface area contributed by atoms with Crippen molar-refractivity contribution >= 4 is 28.4 Å². The third-order valence-electron chi connectivity index (χ3n) is 3.16. The zero-order valence-corrected chi connectivity index (χ0v) is 13.0. The van der Waals surface area contributed by atoms with E-state index in [0.717, 1.165) is 10.8 Å². The summed E-state index contributed by atoms with van der Waals surface area (Å²) < 4.78 is 9.84. The highest BCUT2D eigenvalue weighted by Crippen LogP contribution is 2.23. The molecule has 0 aliphatic rings. The van der Waals surface area contributed by atoms with Gasteiger partial charge in [-0.1, -0.05) is 24.3 Å². The summed E-state index contributed by atoms with van der Waals surface area (Å²) in [6.45, 7) is 3.54. The zero-order valence-electron chi connectivity index (χ0n) is 13.0. The SMILES string of the molecule is CCOC(=O)C(C(=O)OCC)=C(N)c1nccc2ccccc12. The van der Waals surface area contributed by atoms with E-state index in [9.17, 15) is 9.59 Å². The topological polar surface area (TPSA) is 91.5 Å².